The van der Waals surface area contributed by atoms with E-state index in [-0.39, 0.29) is 6.10 Å². The maximum absolute atomic E-state index is 11.0. The zero-order valence-electron chi connectivity index (χ0n) is 8.75. The predicted octanol–water partition coefficient (Wildman–Crippen LogP) is 1.07. The Hall–Kier alpha value is -0.410. The highest BCUT2D eigenvalue weighted by atomic mass is 16.5. The van der Waals surface area contributed by atoms with Gasteiger partial charge in [0, 0.05) is 13.1 Å². The number of ether oxygens (including phenoxy) is 1. The summed E-state index contributed by atoms with van der Waals surface area (Å²) in [4.78, 5) is 13.1. The average molecular weight is 185 g/mol. The van der Waals surface area contributed by atoms with E-state index in [2.05, 4.69) is 11.8 Å². The SMILES string of the molecule is CCC(C)OC1(C=O)CCN(C)C1. The molecule has 0 aromatic rings. The first-order valence-electron chi connectivity index (χ1n) is 4.94. The maximum Gasteiger partial charge on any atom is 0.153 e. The van der Waals surface area contributed by atoms with E-state index in [0.29, 0.717) is 0 Å². The zero-order valence-corrected chi connectivity index (χ0v) is 8.75. The summed E-state index contributed by atoms with van der Waals surface area (Å²) in [6.07, 6.45) is 2.94. The Morgan fingerprint density at radius 3 is 2.77 bits per heavy atom. The van der Waals surface area contributed by atoms with Crippen molar-refractivity contribution < 1.29 is 9.53 Å². The van der Waals surface area contributed by atoms with Crippen LogP contribution in [0.5, 0.6) is 0 Å². The van der Waals surface area contributed by atoms with Gasteiger partial charge in [0.1, 0.15) is 5.60 Å². The Morgan fingerprint density at radius 2 is 2.38 bits per heavy atom. The molecule has 0 N–H and O–H groups in total. The van der Waals surface area contributed by atoms with Crippen LogP contribution in [0.15, 0.2) is 0 Å². The smallest absolute Gasteiger partial charge is 0.153 e. The van der Waals surface area contributed by atoms with Crippen molar-refractivity contribution in [2.24, 2.45) is 0 Å². The van der Waals surface area contributed by atoms with E-state index in [1.807, 2.05) is 14.0 Å². The van der Waals surface area contributed by atoms with E-state index in [1.54, 1.807) is 0 Å². The first kappa shape index (κ1) is 10.7. The van der Waals surface area contributed by atoms with Gasteiger partial charge in [-0.1, -0.05) is 6.92 Å². The normalized spacial score (nSPS) is 31.9. The highest BCUT2D eigenvalue weighted by molar-refractivity contribution is 5.63. The van der Waals surface area contributed by atoms with E-state index < -0.39 is 5.60 Å². The first-order valence-corrected chi connectivity index (χ1v) is 4.94. The third-order valence-electron chi connectivity index (χ3n) is 2.68. The highest BCUT2D eigenvalue weighted by Crippen LogP contribution is 2.24. The van der Waals surface area contributed by atoms with Crippen molar-refractivity contribution in [3.8, 4) is 0 Å². The van der Waals surface area contributed by atoms with Gasteiger partial charge in [0.05, 0.1) is 6.10 Å². The number of carbonyl (C=O) groups is 1. The summed E-state index contributed by atoms with van der Waals surface area (Å²) in [5.74, 6) is 0. The lowest BCUT2D eigenvalue weighted by Gasteiger charge is -2.26. The van der Waals surface area contributed by atoms with E-state index in [4.69, 9.17) is 4.74 Å². The molecule has 2 unspecified atom stereocenters. The number of hydrogen-bond acceptors (Lipinski definition) is 3. The topological polar surface area (TPSA) is 29.5 Å². The lowest BCUT2D eigenvalue weighted by molar-refractivity contribution is -0.136. The largest absolute Gasteiger partial charge is 0.363 e. The fraction of sp³-hybridized carbons (Fsp3) is 0.900. The van der Waals surface area contributed by atoms with Crippen molar-refractivity contribution in [3.05, 3.63) is 0 Å². The molecule has 1 fully saturated rings. The molecule has 1 rings (SSSR count). The van der Waals surface area contributed by atoms with E-state index in [0.717, 1.165) is 32.2 Å². The molecular weight excluding hydrogens is 166 g/mol. The van der Waals surface area contributed by atoms with Crippen LogP contribution in [0.25, 0.3) is 0 Å². The van der Waals surface area contributed by atoms with Gasteiger partial charge in [0.15, 0.2) is 6.29 Å². The van der Waals surface area contributed by atoms with Crippen LogP contribution in [0.2, 0.25) is 0 Å². The molecule has 1 heterocycles. The Labute approximate surface area is 80.1 Å². The zero-order chi connectivity index (χ0) is 9.90. The van der Waals surface area contributed by atoms with Gasteiger partial charge in [-0.25, -0.2) is 0 Å². The molecule has 0 amide bonds. The Bertz CT molecular complexity index is 184. The molecule has 76 valence electrons. The van der Waals surface area contributed by atoms with Crippen LogP contribution in [0, 0.1) is 0 Å². The molecule has 0 aliphatic carbocycles. The van der Waals surface area contributed by atoms with Crippen LogP contribution in [-0.2, 0) is 9.53 Å². The summed E-state index contributed by atoms with van der Waals surface area (Å²) in [6, 6.07) is 0. The molecule has 0 aromatic carbocycles. The van der Waals surface area contributed by atoms with Crippen LogP contribution in [0.1, 0.15) is 26.7 Å². The number of likely N-dealkylation sites (tertiary alicyclic amines) is 1. The standard InChI is InChI=1S/C10H19NO2/c1-4-9(2)13-10(8-12)5-6-11(3)7-10/h8-9H,4-7H2,1-3H3. The van der Waals surface area contributed by atoms with Gasteiger partial charge in [-0.05, 0) is 26.8 Å². The molecule has 3 nitrogen and oxygen atoms in total. The number of nitrogens with zero attached hydrogens (tertiary/aromatic N) is 1. The fourth-order valence-electron chi connectivity index (χ4n) is 1.70. The van der Waals surface area contributed by atoms with Crippen LogP contribution < -0.4 is 0 Å². The molecule has 1 saturated heterocycles. The minimum atomic E-state index is -0.524. The Morgan fingerprint density at radius 1 is 1.69 bits per heavy atom. The maximum atomic E-state index is 11.0. The van der Waals surface area contributed by atoms with E-state index in [1.165, 1.54) is 0 Å². The van der Waals surface area contributed by atoms with Crippen molar-refractivity contribution in [1.82, 2.24) is 4.90 Å². The summed E-state index contributed by atoms with van der Waals surface area (Å²) in [7, 11) is 2.02. The quantitative estimate of drug-likeness (QED) is 0.614. The number of rotatable bonds is 4. The number of carbonyl (C=O) groups excluding carboxylic acids is 1. The van der Waals surface area contributed by atoms with Crippen LogP contribution in [0.4, 0.5) is 0 Å². The first-order chi connectivity index (χ1) is 6.12. The third kappa shape index (κ3) is 2.51. The summed E-state index contributed by atoms with van der Waals surface area (Å²) in [6.45, 7) is 5.78. The molecular formula is C10H19NO2. The van der Waals surface area contributed by atoms with Crippen molar-refractivity contribution in [2.45, 2.75) is 38.4 Å². The van der Waals surface area contributed by atoms with Crippen molar-refractivity contribution in [2.75, 3.05) is 20.1 Å². The average Bonchev–Trinajstić information content (AvgIpc) is 2.48. The Kier molecular flexibility index (Phi) is 3.45. The van der Waals surface area contributed by atoms with Gasteiger partial charge in [0.2, 0.25) is 0 Å². The summed E-state index contributed by atoms with van der Waals surface area (Å²) in [5.41, 5.74) is -0.524. The molecule has 0 bridgehead atoms. The fourth-order valence-corrected chi connectivity index (χ4v) is 1.70. The molecule has 0 spiro atoms. The molecule has 0 saturated carbocycles. The van der Waals surface area contributed by atoms with E-state index in [9.17, 15) is 4.79 Å². The molecule has 0 radical (unpaired) electrons. The number of aldehydes is 1. The monoisotopic (exact) mass is 185 g/mol. The molecule has 2 atom stereocenters. The molecule has 0 aromatic heterocycles. The molecule has 1 aliphatic rings. The Balaban J connectivity index is 2.55. The van der Waals surface area contributed by atoms with Gasteiger partial charge in [-0.3, -0.25) is 0 Å². The second-order valence-electron chi connectivity index (χ2n) is 4.01. The lowest BCUT2D eigenvalue weighted by Crippen LogP contribution is -2.39. The second kappa shape index (κ2) is 4.20. The minimum Gasteiger partial charge on any atom is -0.363 e. The molecule has 1 aliphatic heterocycles. The van der Waals surface area contributed by atoms with Crippen LogP contribution in [0.3, 0.4) is 0 Å². The van der Waals surface area contributed by atoms with Gasteiger partial charge in [-0.2, -0.15) is 0 Å². The number of hydrogen-bond donors (Lipinski definition) is 0. The van der Waals surface area contributed by atoms with Crippen molar-refractivity contribution >= 4 is 6.29 Å². The van der Waals surface area contributed by atoms with Gasteiger partial charge >= 0.3 is 0 Å². The van der Waals surface area contributed by atoms with Crippen molar-refractivity contribution in [3.63, 3.8) is 0 Å². The van der Waals surface area contributed by atoms with Gasteiger partial charge < -0.3 is 14.4 Å². The van der Waals surface area contributed by atoms with Crippen molar-refractivity contribution in [1.29, 1.82) is 0 Å². The van der Waals surface area contributed by atoms with Gasteiger partial charge in [-0.15, -0.1) is 0 Å². The van der Waals surface area contributed by atoms with Gasteiger partial charge in [0.25, 0.3) is 0 Å². The second-order valence-corrected chi connectivity index (χ2v) is 4.01. The van der Waals surface area contributed by atoms with Crippen LogP contribution >= 0.6 is 0 Å². The molecule has 13 heavy (non-hydrogen) atoms. The molecule has 3 heteroatoms. The predicted molar refractivity (Wildman–Crippen MR) is 51.7 cm³/mol. The summed E-state index contributed by atoms with van der Waals surface area (Å²) >= 11 is 0. The minimum absolute atomic E-state index is 0.177. The third-order valence-corrected chi connectivity index (χ3v) is 2.68. The van der Waals surface area contributed by atoms with Crippen LogP contribution in [-0.4, -0.2) is 43.0 Å². The van der Waals surface area contributed by atoms with E-state index >= 15 is 0 Å². The number of likely N-dealkylation sites (N-methyl/N-ethyl adjacent to an activating group) is 1. The summed E-state index contributed by atoms with van der Waals surface area (Å²) in [5, 5.41) is 0. The lowest BCUT2D eigenvalue weighted by atomic mass is 10.1. The highest BCUT2D eigenvalue weighted by Gasteiger charge is 2.38. The summed E-state index contributed by atoms with van der Waals surface area (Å²) < 4.78 is 5.76.